The van der Waals surface area contributed by atoms with Crippen molar-refractivity contribution in [1.82, 2.24) is 0 Å². The van der Waals surface area contributed by atoms with Gasteiger partial charge in [-0.15, -0.1) is 0 Å². The van der Waals surface area contributed by atoms with Gasteiger partial charge in [-0.2, -0.15) is 4.74 Å². The molecule has 0 aromatic rings. The normalized spacial score (nSPS) is 36.0. The van der Waals surface area contributed by atoms with Crippen LogP contribution in [0, 0.1) is 17.9 Å². The lowest BCUT2D eigenvalue weighted by molar-refractivity contribution is -0.229. The molecule has 5 heteroatoms. The van der Waals surface area contributed by atoms with Gasteiger partial charge in [0.05, 0.1) is 23.0 Å². The number of ether oxygens (including phenoxy) is 3. The first-order valence-electron chi connectivity index (χ1n) is 7.98. The third-order valence-electron chi connectivity index (χ3n) is 4.49. The first-order valence-corrected chi connectivity index (χ1v) is 7.98. The molecule has 2 rings (SSSR count). The molecule has 22 heavy (non-hydrogen) atoms. The van der Waals surface area contributed by atoms with E-state index in [0.717, 1.165) is 12.8 Å². The summed E-state index contributed by atoms with van der Waals surface area (Å²) in [5.41, 5.74) is -0.708. The smallest absolute Gasteiger partial charge is 0.305 e. The number of hydrogen-bond donors (Lipinski definition) is 0. The van der Waals surface area contributed by atoms with E-state index in [1.807, 2.05) is 27.7 Å². The summed E-state index contributed by atoms with van der Waals surface area (Å²) in [6.07, 6.45) is 1.80. The van der Waals surface area contributed by atoms with E-state index in [9.17, 15) is 9.59 Å². The largest absolute Gasteiger partial charge is 0.430 e. The van der Waals surface area contributed by atoms with E-state index in [1.54, 1.807) is 6.61 Å². The van der Waals surface area contributed by atoms with Crippen LogP contribution in [0.4, 0.5) is 0 Å². The van der Waals surface area contributed by atoms with Gasteiger partial charge in [0.1, 0.15) is 12.2 Å². The highest BCUT2D eigenvalue weighted by molar-refractivity contribution is 5.83. The maximum atomic E-state index is 12.6. The van der Waals surface area contributed by atoms with Crippen molar-refractivity contribution < 1.29 is 23.8 Å². The van der Waals surface area contributed by atoms with Crippen molar-refractivity contribution in [2.75, 3.05) is 0 Å². The summed E-state index contributed by atoms with van der Waals surface area (Å²) < 4.78 is 17.0. The van der Waals surface area contributed by atoms with Gasteiger partial charge in [-0.25, -0.2) is 0 Å². The fraction of sp³-hybridized carbons (Fsp3) is 0.824. The van der Waals surface area contributed by atoms with Gasteiger partial charge in [-0.05, 0) is 33.6 Å². The molecule has 2 fully saturated rings. The highest BCUT2D eigenvalue weighted by Crippen LogP contribution is 2.49. The van der Waals surface area contributed by atoms with Crippen molar-refractivity contribution in [1.29, 1.82) is 0 Å². The number of rotatable bonds is 2. The van der Waals surface area contributed by atoms with Crippen molar-refractivity contribution in [2.45, 2.75) is 78.3 Å². The zero-order valence-corrected chi connectivity index (χ0v) is 14.2. The Kier molecular flexibility index (Phi) is 4.87. The van der Waals surface area contributed by atoms with Gasteiger partial charge in [-0.1, -0.05) is 6.92 Å². The van der Waals surface area contributed by atoms with Crippen LogP contribution in [0.3, 0.4) is 0 Å². The third-order valence-corrected chi connectivity index (χ3v) is 4.49. The quantitative estimate of drug-likeness (QED) is 0.579. The number of carbonyl (C=O) groups excluding carboxylic acids is 2. The Balaban J connectivity index is 2.33. The first-order chi connectivity index (χ1) is 10.1. The van der Waals surface area contributed by atoms with Gasteiger partial charge in [0.15, 0.2) is 0 Å². The number of ketones is 1. The maximum absolute atomic E-state index is 12.6. The molecule has 1 aliphatic carbocycles. The molecule has 0 bridgehead atoms. The van der Waals surface area contributed by atoms with Crippen LogP contribution in [-0.2, 0) is 23.8 Å². The van der Waals surface area contributed by atoms with Crippen LogP contribution < -0.4 is 0 Å². The Morgan fingerprint density at radius 3 is 2.68 bits per heavy atom. The molecule has 1 aliphatic heterocycles. The summed E-state index contributed by atoms with van der Waals surface area (Å²) >= 11 is 0. The van der Waals surface area contributed by atoms with Crippen molar-refractivity contribution in [3.8, 4) is 0 Å². The van der Waals surface area contributed by atoms with E-state index < -0.39 is 23.6 Å². The minimum Gasteiger partial charge on any atom is -0.430 e. The Labute approximate surface area is 132 Å². The monoisotopic (exact) mass is 311 g/mol. The molecule has 1 saturated heterocycles. The Hall–Kier alpha value is -1.07. The van der Waals surface area contributed by atoms with Crippen LogP contribution in [0.5, 0.6) is 0 Å². The van der Waals surface area contributed by atoms with Crippen molar-refractivity contribution in [2.24, 2.45) is 11.3 Å². The average molecular weight is 311 g/mol. The highest BCUT2D eigenvalue weighted by atomic mass is 16.7. The molecular weight excluding hydrogens is 284 g/mol. The lowest BCUT2D eigenvalue weighted by Gasteiger charge is -2.44. The second-order valence-corrected chi connectivity index (χ2v) is 7.55. The first kappa shape index (κ1) is 17.3. The molecule has 0 amide bonds. The zero-order valence-electron chi connectivity index (χ0n) is 14.2. The molecule has 124 valence electrons. The minimum absolute atomic E-state index is 0.0674. The lowest BCUT2D eigenvalue weighted by Crippen LogP contribution is -2.53. The SMILES string of the molecule is CC(=O)O[C@@H]1O[CH+]C[C@]2(C)[C@@H](OC(C)(C)C)CCCC(=O)[C@H]12. The van der Waals surface area contributed by atoms with Crippen molar-refractivity contribution in [3.63, 3.8) is 0 Å². The van der Waals surface area contributed by atoms with Gasteiger partial charge in [0.2, 0.25) is 6.61 Å². The second-order valence-electron chi connectivity index (χ2n) is 7.55. The molecular formula is C17H27O5+. The molecule has 1 heterocycles. The standard InChI is InChI=1S/C17H27O5/c1-11(18)21-15-14-12(19)7-6-8-13(22-16(2,3)4)17(14,5)9-10-20-15/h10,13-15H,6-9H2,1-5H3/q+1/t13-,14+,15-,17+/m0/s1. The molecule has 5 nitrogen and oxygen atoms in total. The fourth-order valence-corrected chi connectivity index (χ4v) is 3.52. The predicted octanol–water partition coefficient (Wildman–Crippen LogP) is 3.02. The topological polar surface area (TPSA) is 61.8 Å². The molecule has 0 unspecified atom stereocenters. The third kappa shape index (κ3) is 3.63. The second kappa shape index (κ2) is 6.20. The molecule has 0 radical (unpaired) electrons. The van der Waals surface area contributed by atoms with Crippen LogP contribution in [0.2, 0.25) is 0 Å². The summed E-state index contributed by atoms with van der Waals surface area (Å²) in [5.74, 6) is -0.814. The number of esters is 1. The van der Waals surface area contributed by atoms with E-state index >= 15 is 0 Å². The summed E-state index contributed by atoms with van der Waals surface area (Å²) in [6, 6.07) is 0. The lowest BCUT2D eigenvalue weighted by atomic mass is 9.67. The number of fused-ring (bicyclic) bond motifs is 1. The number of hydrogen-bond acceptors (Lipinski definition) is 5. The summed E-state index contributed by atoms with van der Waals surface area (Å²) in [6.45, 7) is 11.1. The van der Waals surface area contributed by atoms with Gasteiger partial charge in [-0.3, -0.25) is 9.59 Å². The Morgan fingerprint density at radius 1 is 1.41 bits per heavy atom. The number of Topliss-reactive ketones (excluding diaryl/α,β-unsaturated/α-hetero) is 1. The average Bonchev–Trinajstić information content (AvgIpc) is 2.46. The van der Waals surface area contributed by atoms with E-state index in [0.29, 0.717) is 12.8 Å². The van der Waals surface area contributed by atoms with Crippen LogP contribution in [0.1, 0.15) is 60.3 Å². The summed E-state index contributed by atoms with van der Waals surface area (Å²) in [7, 11) is 0. The molecule has 0 aromatic carbocycles. The fourth-order valence-electron chi connectivity index (χ4n) is 3.52. The summed E-state index contributed by atoms with van der Waals surface area (Å²) in [4.78, 5) is 24.0. The maximum Gasteiger partial charge on any atom is 0.305 e. The van der Waals surface area contributed by atoms with Gasteiger partial charge < -0.3 is 9.47 Å². The molecule has 0 aromatic heterocycles. The van der Waals surface area contributed by atoms with Gasteiger partial charge in [0, 0.05) is 13.3 Å². The van der Waals surface area contributed by atoms with Crippen molar-refractivity contribution in [3.05, 3.63) is 6.61 Å². The van der Waals surface area contributed by atoms with E-state index in [1.165, 1.54) is 6.92 Å². The highest BCUT2D eigenvalue weighted by Gasteiger charge is 2.58. The Morgan fingerprint density at radius 2 is 2.09 bits per heavy atom. The van der Waals surface area contributed by atoms with Gasteiger partial charge in [0.25, 0.3) is 6.29 Å². The van der Waals surface area contributed by atoms with Crippen LogP contribution in [-0.4, -0.2) is 29.7 Å². The minimum atomic E-state index is -0.840. The van der Waals surface area contributed by atoms with Crippen LogP contribution in [0.25, 0.3) is 0 Å². The predicted molar refractivity (Wildman–Crippen MR) is 80.6 cm³/mol. The van der Waals surface area contributed by atoms with E-state index in [4.69, 9.17) is 14.2 Å². The molecule has 1 saturated carbocycles. The van der Waals surface area contributed by atoms with Gasteiger partial charge >= 0.3 is 5.97 Å². The number of carbonyl (C=O) groups is 2. The zero-order chi connectivity index (χ0) is 16.5. The molecule has 2 aliphatic rings. The molecule has 0 N–H and O–H groups in total. The van der Waals surface area contributed by atoms with E-state index in [-0.39, 0.29) is 17.5 Å². The van der Waals surface area contributed by atoms with E-state index in [2.05, 4.69) is 0 Å². The van der Waals surface area contributed by atoms with Crippen LogP contribution >= 0.6 is 0 Å². The van der Waals surface area contributed by atoms with Crippen molar-refractivity contribution >= 4 is 11.8 Å². The molecule has 4 atom stereocenters. The van der Waals surface area contributed by atoms with Crippen LogP contribution in [0.15, 0.2) is 0 Å². The summed E-state index contributed by atoms with van der Waals surface area (Å²) in [5, 5.41) is 0. The Bertz CT molecular complexity index is 439. The molecule has 0 spiro atoms.